The molecule has 0 saturated carbocycles. The number of hydrogen-bond donors (Lipinski definition) is 0. The minimum atomic E-state index is -4.22. The van der Waals surface area contributed by atoms with Crippen LogP contribution >= 0.6 is 11.6 Å². The lowest BCUT2D eigenvalue weighted by Gasteiger charge is -1.99. The lowest BCUT2D eigenvalue weighted by Crippen LogP contribution is -2.03. The van der Waals surface area contributed by atoms with Crippen LogP contribution in [0.25, 0.3) is 5.57 Å². The molecule has 1 aliphatic carbocycles. The predicted molar refractivity (Wildman–Crippen MR) is 51.6 cm³/mol. The lowest BCUT2D eigenvalue weighted by molar-refractivity contribution is -0.0873. The summed E-state index contributed by atoms with van der Waals surface area (Å²) in [4.78, 5) is 3.92. The average molecular weight is 234 g/mol. The molecular formula is C10H7ClF3N. The quantitative estimate of drug-likeness (QED) is 0.720. The van der Waals surface area contributed by atoms with Crippen LogP contribution < -0.4 is 0 Å². The molecule has 0 aliphatic heterocycles. The Morgan fingerprint density at radius 1 is 1.40 bits per heavy atom. The standard InChI is InChI=1S/C10H7ClF3N/c1-5-9(11)2-6(4-15-5)7-3-8(7)10(12,13)14/h2,4H,3H2,1H3. The first-order valence-corrected chi connectivity index (χ1v) is 4.69. The van der Waals surface area contributed by atoms with E-state index < -0.39 is 11.7 Å². The van der Waals surface area contributed by atoms with Gasteiger partial charge in [-0.1, -0.05) is 11.6 Å². The Morgan fingerprint density at radius 3 is 2.53 bits per heavy atom. The fraction of sp³-hybridized carbons (Fsp3) is 0.300. The highest BCUT2D eigenvalue weighted by Gasteiger charge is 2.44. The van der Waals surface area contributed by atoms with E-state index >= 15 is 0 Å². The highest BCUT2D eigenvalue weighted by molar-refractivity contribution is 6.31. The molecule has 1 aromatic heterocycles. The van der Waals surface area contributed by atoms with Crippen molar-refractivity contribution in [2.45, 2.75) is 19.5 Å². The second-order valence-corrected chi connectivity index (χ2v) is 3.83. The number of pyridine rings is 1. The van der Waals surface area contributed by atoms with Gasteiger partial charge in [0, 0.05) is 18.2 Å². The van der Waals surface area contributed by atoms with E-state index in [9.17, 15) is 13.2 Å². The first-order valence-electron chi connectivity index (χ1n) is 4.31. The second kappa shape index (κ2) is 3.23. The molecule has 0 unspecified atom stereocenters. The minimum absolute atomic E-state index is 0.00936. The van der Waals surface area contributed by atoms with Gasteiger partial charge in [-0.3, -0.25) is 4.98 Å². The Labute approximate surface area is 89.6 Å². The molecule has 0 radical (unpaired) electrons. The summed E-state index contributed by atoms with van der Waals surface area (Å²) in [7, 11) is 0. The number of rotatable bonds is 1. The molecule has 0 amide bonds. The summed E-state index contributed by atoms with van der Waals surface area (Å²) in [5, 5.41) is 0.397. The van der Waals surface area contributed by atoms with Crippen molar-refractivity contribution in [1.82, 2.24) is 4.98 Å². The van der Waals surface area contributed by atoms with Crippen LogP contribution in [0.1, 0.15) is 17.7 Å². The molecule has 5 heteroatoms. The zero-order valence-corrected chi connectivity index (χ0v) is 8.58. The van der Waals surface area contributed by atoms with E-state index in [1.54, 1.807) is 6.92 Å². The van der Waals surface area contributed by atoms with Crippen LogP contribution in [0.5, 0.6) is 0 Å². The van der Waals surface area contributed by atoms with Gasteiger partial charge in [-0.25, -0.2) is 0 Å². The fourth-order valence-corrected chi connectivity index (χ4v) is 1.52. The summed E-state index contributed by atoms with van der Waals surface area (Å²) >= 11 is 5.78. The highest BCUT2D eigenvalue weighted by atomic mass is 35.5. The zero-order chi connectivity index (χ0) is 11.2. The van der Waals surface area contributed by atoms with Crippen molar-refractivity contribution in [1.29, 1.82) is 0 Å². The van der Waals surface area contributed by atoms with Gasteiger partial charge < -0.3 is 0 Å². The summed E-state index contributed by atoms with van der Waals surface area (Å²) in [5.74, 6) is 0. The third-order valence-electron chi connectivity index (χ3n) is 2.31. The van der Waals surface area contributed by atoms with E-state index in [1.807, 2.05) is 0 Å². The monoisotopic (exact) mass is 233 g/mol. The summed E-state index contributed by atoms with van der Waals surface area (Å²) in [6.45, 7) is 1.71. The topological polar surface area (TPSA) is 12.9 Å². The molecule has 80 valence electrons. The van der Waals surface area contributed by atoms with Gasteiger partial charge in [0.05, 0.1) is 10.7 Å². The van der Waals surface area contributed by atoms with Crippen LogP contribution in [0.15, 0.2) is 17.8 Å². The molecule has 1 nitrogen and oxygen atoms in total. The molecule has 0 aromatic carbocycles. The van der Waals surface area contributed by atoms with Gasteiger partial charge in [0.1, 0.15) is 0 Å². The van der Waals surface area contributed by atoms with Crippen molar-refractivity contribution in [3.8, 4) is 0 Å². The third-order valence-corrected chi connectivity index (χ3v) is 2.69. The van der Waals surface area contributed by atoms with Gasteiger partial charge in [0.15, 0.2) is 0 Å². The third kappa shape index (κ3) is 2.00. The number of hydrogen-bond acceptors (Lipinski definition) is 1. The number of halogens is 4. The smallest absolute Gasteiger partial charge is 0.259 e. The van der Waals surface area contributed by atoms with Crippen LogP contribution in [0, 0.1) is 6.92 Å². The van der Waals surface area contributed by atoms with Gasteiger partial charge in [-0.05, 0) is 24.1 Å². The SMILES string of the molecule is Cc1ncc(C2=C(C(F)(F)F)C2)cc1Cl. The molecule has 0 fully saturated rings. The van der Waals surface area contributed by atoms with E-state index in [2.05, 4.69) is 4.98 Å². The molecule has 1 aromatic rings. The van der Waals surface area contributed by atoms with Gasteiger partial charge in [-0.15, -0.1) is 0 Å². The van der Waals surface area contributed by atoms with Crippen molar-refractivity contribution in [3.05, 3.63) is 34.1 Å². The molecule has 0 N–H and O–H groups in total. The molecular weight excluding hydrogens is 227 g/mol. The zero-order valence-electron chi connectivity index (χ0n) is 7.82. The minimum Gasteiger partial charge on any atom is -0.259 e. The molecule has 0 spiro atoms. The van der Waals surface area contributed by atoms with Crippen LogP contribution in [0.4, 0.5) is 13.2 Å². The Morgan fingerprint density at radius 2 is 2.07 bits per heavy atom. The van der Waals surface area contributed by atoms with E-state index in [0.717, 1.165) is 0 Å². The van der Waals surface area contributed by atoms with Crippen molar-refractivity contribution in [2.75, 3.05) is 0 Å². The number of alkyl halides is 3. The van der Waals surface area contributed by atoms with Gasteiger partial charge in [0.25, 0.3) is 0 Å². The maximum Gasteiger partial charge on any atom is 0.413 e. The molecule has 0 saturated heterocycles. The summed E-state index contributed by atoms with van der Waals surface area (Å²) in [6.07, 6.45) is -2.80. The number of allylic oxidation sites excluding steroid dienone is 2. The first kappa shape index (κ1) is 10.5. The van der Waals surface area contributed by atoms with E-state index in [4.69, 9.17) is 11.6 Å². The molecule has 1 aliphatic rings. The first-order chi connectivity index (χ1) is 6.89. The van der Waals surface area contributed by atoms with Crippen LogP contribution in [-0.4, -0.2) is 11.2 Å². The number of aromatic nitrogens is 1. The summed E-state index contributed by atoms with van der Waals surface area (Å²) in [6, 6.07) is 1.53. The van der Waals surface area contributed by atoms with E-state index in [-0.39, 0.29) is 6.42 Å². The second-order valence-electron chi connectivity index (χ2n) is 3.42. The van der Waals surface area contributed by atoms with Gasteiger partial charge in [-0.2, -0.15) is 13.2 Å². The van der Waals surface area contributed by atoms with Crippen molar-refractivity contribution in [2.24, 2.45) is 0 Å². The molecule has 2 rings (SSSR count). The maximum absolute atomic E-state index is 12.2. The average Bonchev–Trinajstić information content (AvgIpc) is 2.87. The summed E-state index contributed by atoms with van der Waals surface area (Å²) in [5.41, 5.74) is 0.925. The number of aryl methyl sites for hydroxylation is 1. The molecule has 0 atom stereocenters. The molecule has 1 heterocycles. The van der Waals surface area contributed by atoms with Gasteiger partial charge in [0.2, 0.25) is 0 Å². The Kier molecular flexibility index (Phi) is 2.26. The van der Waals surface area contributed by atoms with Crippen LogP contribution in [0.2, 0.25) is 5.02 Å². The maximum atomic E-state index is 12.2. The highest BCUT2D eigenvalue weighted by Crippen LogP contribution is 2.49. The Balaban J connectivity index is 2.35. The molecule has 0 bridgehead atoms. The van der Waals surface area contributed by atoms with Gasteiger partial charge >= 0.3 is 6.18 Å². The summed E-state index contributed by atoms with van der Waals surface area (Å²) < 4.78 is 36.7. The van der Waals surface area contributed by atoms with Crippen LogP contribution in [-0.2, 0) is 0 Å². The van der Waals surface area contributed by atoms with E-state index in [0.29, 0.717) is 21.9 Å². The number of nitrogens with zero attached hydrogens (tertiary/aromatic N) is 1. The largest absolute Gasteiger partial charge is 0.413 e. The Hall–Kier alpha value is -1.03. The van der Waals surface area contributed by atoms with Crippen LogP contribution in [0.3, 0.4) is 0 Å². The van der Waals surface area contributed by atoms with E-state index in [1.165, 1.54) is 12.3 Å². The lowest BCUT2D eigenvalue weighted by atomic mass is 10.2. The van der Waals surface area contributed by atoms with Crippen molar-refractivity contribution in [3.63, 3.8) is 0 Å². The normalized spacial score (nSPS) is 15.8. The molecule has 15 heavy (non-hydrogen) atoms. The fourth-order valence-electron chi connectivity index (χ4n) is 1.35. The predicted octanol–water partition coefficient (Wildman–Crippen LogP) is 3.76. The Bertz CT molecular complexity index is 448. The van der Waals surface area contributed by atoms with Crippen molar-refractivity contribution < 1.29 is 13.2 Å². The van der Waals surface area contributed by atoms with Crippen molar-refractivity contribution >= 4 is 17.2 Å².